The second-order valence-corrected chi connectivity index (χ2v) is 7.54. The Labute approximate surface area is 165 Å². The molecule has 5 rings (SSSR count). The molecule has 142 valence electrons. The number of benzene rings is 1. The van der Waals surface area contributed by atoms with E-state index in [1.165, 1.54) is 24.1 Å². The molecule has 2 aromatic heterocycles. The molecule has 28 heavy (non-hydrogen) atoms. The zero-order valence-corrected chi connectivity index (χ0v) is 16.0. The van der Waals surface area contributed by atoms with E-state index >= 15 is 0 Å². The Hall–Kier alpha value is -2.79. The SMILES string of the molecule is c1ccc(-c2ccc(CN3CCc4nc(C5=NCCCC5)ncc4C3)o2)cc1. The lowest BCUT2D eigenvalue weighted by atomic mass is 10.1. The molecule has 5 nitrogen and oxygen atoms in total. The van der Waals surface area contributed by atoms with E-state index in [0.717, 1.165) is 67.6 Å². The van der Waals surface area contributed by atoms with Gasteiger partial charge in [-0.2, -0.15) is 0 Å². The first-order valence-electron chi connectivity index (χ1n) is 10.1. The molecule has 4 heterocycles. The molecule has 0 fully saturated rings. The van der Waals surface area contributed by atoms with Crippen molar-refractivity contribution in [2.24, 2.45) is 4.99 Å². The van der Waals surface area contributed by atoms with Crippen molar-refractivity contribution < 1.29 is 4.42 Å². The van der Waals surface area contributed by atoms with Crippen LogP contribution in [0.15, 0.2) is 58.1 Å². The predicted molar refractivity (Wildman–Crippen MR) is 109 cm³/mol. The van der Waals surface area contributed by atoms with Gasteiger partial charge in [0.1, 0.15) is 11.5 Å². The summed E-state index contributed by atoms with van der Waals surface area (Å²) in [5.41, 5.74) is 4.60. The smallest absolute Gasteiger partial charge is 0.173 e. The van der Waals surface area contributed by atoms with E-state index in [2.05, 4.69) is 39.1 Å². The van der Waals surface area contributed by atoms with Gasteiger partial charge in [-0.15, -0.1) is 0 Å². The number of furan rings is 1. The van der Waals surface area contributed by atoms with Crippen LogP contribution < -0.4 is 0 Å². The molecule has 2 aliphatic rings. The Morgan fingerprint density at radius 1 is 1.00 bits per heavy atom. The van der Waals surface area contributed by atoms with Crippen LogP contribution in [0.4, 0.5) is 0 Å². The van der Waals surface area contributed by atoms with Gasteiger partial charge in [0.15, 0.2) is 5.82 Å². The molecule has 0 amide bonds. The van der Waals surface area contributed by atoms with Gasteiger partial charge in [0.2, 0.25) is 0 Å². The molecule has 3 aromatic rings. The van der Waals surface area contributed by atoms with Gasteiger partial charge in [0.25, 0.3) is 0 Å². The van der Waals surface area contributed by atoms with Gasteiger partial charge in [0.05, 0.1) is 18.0 Å². The molecule has 0 unspecified atom stereocenters. The summed E-state index contributed by atoms with van der Waals surface area (Å²) >= 11 is 0. The first-order chi connectivity index (χ1) is 13.8. The highest BCUT2D eigenvalue weighted by molar-refractivity contribution is 5.97. The Morgan fingerprint density at radius 2 is 1.93 bits per heavy atom. The van der Waals surface area contributed by atoms with Gasteiger partial charge in [-0.3, -0.25) is 9.89 Å². The largest absolute Gasteiger partial charge is 0.460 e. The lowest BCUT2D eigenvalue weighted by Crippen LogP contribution is -2.31. The highest BCUT2D eigenvalue weighted by Gasteiger charge is 2.21. The Kier molecular flexibility index (Phi) is 4.75. The summed E-state index contributed by atoms with van der Waals surface area (Å²) < 4.78 is 6.07. The lowest BCUT2D eigenvalue weighted by Gasteiger charge is -2.27. The van der Waals surface area contributed by atoms with Crippen molar-refractivity contribution in [2.45, 2.75) is 38.8 Å². The van der Waals surface area contributed by atoms with Crippen LogP contribution in [0.5, 0.6) is 0 Å². The molecular weight excluding hydrogens is 348 g/mol. The molecular formula is C23H24N4O. The second kappa shape index (κ2) is 7.68. The zero-order chi connectivity index (χ0) is 18.8. The van der Waals surface area contributed by atoms with E-state index in [1.807, 2.05) is 24.4 Å². The van der Waals surface area contributed by atoms with Crippen LogP contribution in [-0.2, 0) is 19.5 Å². The standard InChI is InChI=1S/C23H24N4O/c1-2-6-17(7-3-1)22-10-9-19(28-22)16-27-13-11-20-18(15-27)14-25-23(26-20)21-8-4-5-12-24-21/h1-3,6-7,9-10,14H,4-5,8,11-13,15-16H2. The van der Waals surface area contributed by atoms with Crippen LogP contribution in [-0.4, -0.2) is 33.7 Å². The molecule has 0 saturated carbocycles. The first-order valence-corrected chi connectivity index (χ1v) is 10.1. The highest BCUT2D eigenvalue weighted by atomic mass is 16.3. The van der Waals surface area contributed by atoms with Crippen molar-refractivity contribution in [3.63, 3.8) is 0 Å². The second-order valence-electron chi connectivity index (χ2n) is 7.54. The molecule has 0 saturated heterocycles. The Balaban J connectivity index is 1.27. The number of rotatable bonds is 4. The van der Waals surface area contributed by atoms with Crippen molar-refractivity contribution >= 4 is 5.71 Å². The fourth-order valence-electron chi connectivity index (χ4n) is 3.97. The van der Waals surface area contributed by atoms with Crippen molar-refractivity contribution in [1.29, 1.82) is 0 Å². The van der Waals surface area contributed by atoms with E-state index in [-0.39, 0.29) is 0 Å². The number of aliphatic imine (C=N–C) groups is 1. The van der Waals surface area contributed by atoms with E-state index in [1.54, 1.807) is 0 Å². The fraction of sp³-hybridized carbons (Fsp3) is 0.348. The number of fused-ring (bicyclic) bond motifs is 1. The fourth-order valence-corrected chi connectivity index (χ4v) is 3.97. The van der Waals surface area contributed by atoms with Crippen molar-refractivity contribution in [2.75, 3.05) is 13.1 Å². The molecule has 2 aliphatic heterocycles. The topological polar surface area (TPSA) is 54.5 Å². The van der Waals surface area contributed by atoms with Crippen LogP contribution >= 0.6 is 0 Å². The van der Waals surface area contributed by atoms with Gasteiger partial charge in [-0.1, -0.05) is 30.3 Å². The molecule has 1 aromatic carbocycles. The lowest BCUT2D eigenvalue weighted by molar-refractivity contribution is 0.224. The summed E-state index contributed by atoms with van der Waals surface area (Å²) in [6.07, 6.45) is 6.33. The molecule has 0 aliphatic carbocycles. The monoisotopic (exact) mass is 372 g/mol. The number of aromatic nitrogens is 2. The third-order valence-electron chi connectivity index (χ3n) is 5.49. The number of hydrogen-bond acceptors (Lipinski definition) is 5. The summed E-state index contributed by atoms with van der Waals surface area (Å²) in [6.45, 7) is 3.57. The maximum atomic E-state index is 6.07. The number of hydrogen-bond donors (Lipinski definition) is 0. The number of nitrogens with zero attached hydrogens (tertiary/aromatic N) is 4. The molecule has 0 N–H and O–H groups in total. The molecule has 0 atom stereocenters. The predicted octanol–water partition coefficient (Wildman–Crippen LogP) is 4.27. The Bertz CT molecular complexity index is 993. The van der Waals surface area contributed by atoms with Crippen molar-refractivity contribution in [1.82, 2.24) is 14.9 Å². The van der Waals surface area contributed by atoms with Gasteiger partial charge in [0, 0.05) is 43.4 Å². The van der Waals surface area contributed by atoms with E-state index < -0.39 is 0 Å². The average molecular weight is 372 g/mol. The normalized spacial score (nSPS) is 17.2. The van der Waals surface area contributed by atoms with Crippen LogP contribution in [0.25, 0.3) is 11.3 Å². The maximum Gasteiger partial charge on any atom is 0.173 e. The average Bonchev–Trinajstić information content (AvgIpc) is 3.23. The van der Waals surface area contributed by atoms with Crippen LogP contribution in [0.3, 0.4) is 0 Å². The summed E-state index contributed by atoms with van der Waals surface area (Å²) in [4.78, 5) is 16.5. The van der Waals surface area contributed by atoms with Gasteiger partial charge >= 0.3 is 0 Å². The van der Waals surface area contributed by atoms with Gasteiger partial charge < -0.3 is 4.42 Å². The molecule has 5 heteroatoms. The molecule has 0 radical (unpaired) electrons. The summed E-state index contributed by atoms with van der Waals surface area (Å²) in [7, 11) is 0. The first kappa shape index (κ1) is 17.3. The quantitative estimate of drug-likeness (QED) is 0.686. The van der Waals surface area contributed by atoms with Crippen LogP contribution in [0.1, 0.15) is 42.1 Å². The van der Waals surface area contributed by atoms with E-state index in [9.17, 15) is 0 Å². The van der Waals surface area contributed by atoms with Crippen LogP contribution in [0.2, 0.25) is 0 Å². The minimum absolute atomic E-state index is 0.806. The molecule has 0 bridgehead atoms. The van der Waals surface area contributed by atoms with E-state index in [0.29, 0.717) is 0 Å². The van der Waals surface area contributed by atoms with Crippen LogP contribution in [0, 0.1) is 0 Å². The maximum absolute atomic E-state index is 6.07. The van der Waals surface area contributed by atoms with Gasteiger partial charge in [-0.05, 0) is 31.4 Å². The summed E-state index contributed by atoms with van der Waals surface area (Å²) in [6, 6.07) is 14.4. The summed E-state index contributed by atoms with van der Waals surface area (Å²) in [5.74, 6) is 2.76. The molecule has 0 spiro atoms. The highest BCUT2D eigenvalue weighted by Crippen LogP contribution is 2.24. The van der Waals surface area contributed by atoms with Gasteiger partial charge in [-0.25, -0.2) is 9.97 Å². The third-order valence-corrected chi connectivity index (χ3v) is 5.49. The van der Waals surface area contributed by atoms with Crippen molar-refractivity contribution in [3.05, 3.63) is 71.5 Å². The minimum atomic E-state index is 0.806. The summed E-state index contributed by atoms with van der Waals surface area (Å²) in [5, 5.41) is 0. The zero-order valence-electron chi connectivity index (χ0n) is 16.0. The minimum Gasteiger partial charge on any atom is -0.460 e. The third kappa shape index (κ3) is 3.62. The van der Waals surface area contributed by atoms with E-state index in [4.69, 9.17) is 9.40 Å². The Morgan fingerprint density at radius 3 is 2.79 bits per heavy atom. The van der Waals surface area contributed by atoms with Crippen molar-refractivity contribution in [3.8, 4) is 11.3 Å².